The molecule has 4 rings (SSSR count). The quantitative estimate of drug-likeness (QED) is 0.760. The first kappa shape index (κ1) is 14.0. The number of piperidine rings is 1. The minimum atomic E-state index is -0.723. The van der Waals surface area contributed by atoms with E-state index in [9.17, 15) is 9.90 Å². The predicted molar refractivity (Wildman–Crippen MR) is 88.7 cm³/mol. The lowest BCUT2D eigenvalue weighted by Crippen LogP contribution is -2.39. The number of nitrogens with one attached hydrogen (secondary N) is 1. The predicted octanol–water partition coefficient (Wildman–Crippen LogP) is 2.72. The van der Waals surface area contributed by atoms with E-state index in [1.54, 1.807) is 0 Å². The van der Waals surface area contributed by atoms with Crippen molar-refractivity contribution in [2.75, 3.05) is 18.0 Å². The number of pyridine rings is 2. The fourth-order valence-corrected chi connectivity index (χ4v) is 3.45. The number of rotatable bonds is 2. The molecule has 3 aromatic heterocycles. The molecule has 4 heterocycles. The molecule has 0 saturated carbocycles. The maximum absolute atomic E-state index is 11.4. The summed E-state index contributed by atoms with van der Waals surface area (Å²) in [7, 11) is 0. The monoisotopic (exact) mass is 310 g/mol. The van der Waals surface area contributed by atoms with Crippen molar-refractivity contribution < 1.29 is 9.90 Å². The number of hydrogen-bond donors (Lipinski definition) is 2. The molecule has 0 amide bonds. The van der Waals surface area contributed by atoms with Crippen molar-refractivity contribution in [1.29, 1.82) is 0 Å². The van der Waals surface area contributed by atoms with E-state index >= 15 is 0 Å². The van der Waals surface area contributed by atoms with Crippen molar-refractivity contribution >= 4 is 33.6 Å². The first-order chi connectivity index (χ1) is 11.1. The molecule has 3 aromatic rings. The van der Waals surface area contributed by atoms with Gasteiger partial charge in [-0.25, -0.2) is 9.97 Å². The number of hydrogen-bond acceptors (Lipinski definition) is 4. The third kappa shape index (κ3) is 2.21. The van der Waals surface area contributed by atoms with Crippen LogP contribution in [0.25, 0.3) is 21.8 Å². The fourth-order valence-electron chi connectivity index (χ4n) is 3.45. The van der Waals surface area contributed by atoms with Crippen LogP contribution in [0.5, 0.6) is 0 Å². The smallest absolute Gasteiger partial charge is 0.308 e. The molecule has 118 valence electrons. The number of aromatic amines is 1. The largest absolute Gasteiger partial charge is 0.481 e. The summed E-state index contributed by atoms with van der Waals surface area (Å²) in [6.07, 6.45) is 7.20. The Kier molecular flexibility index (Phi) is 3.18. The van der Waals surface area contributed by atoms with Gasteiger partial charge in [-0.15, -0.1) is 0 Å². The Bertz CT molecular complexity index is 902. The van der Waals surface area contributed by atoms with E-state index in [2.05, 4.69) is 19.9 Å². The molecule has 1 fully saturated rings. The van der Waals surface area contributed by atoms with Crippen LogP contribution in [0.2, 0.25) is 0 Å². The van der Waals surface area contributed by atoms with Gasteiger partial charge < -0.3 is 15.0 Å². The highest BCUT2D eigenvalue weighted by Gasteiger charge is 2.27. The molecule has 1 unspecified atom stereocenters. The lowest BCUT2D eigenvalue weighted by molar-refractivity contribution is -0.141. The second kappa shape index (κ2) is 5.22. The topological polar surface area (TPSA) is 82.1 Å². The number of carboxylic acid groups (broad SMARTS) is 1. The molecule has 1 saturated heterocycles. The van der Waals surface area contributed by atoms with Gasteiger partial charge >= 0.3 is 5.97 Å². The molecule has 1 aliphatic heterocycles. The van der Waals surface area contributed by atoms with Crippen molar-refractivity contribution in [3.8, 4) is 0 Å². The molecule has 1 atom stereocenters. The molecule has 6 heteroatoms. The Balaban J connectivity index is 1.91. The van der Waals surface area contributed by atoms with E-state index in [0.29, 0.717) is 6.54 Å². The lowest BCUT2D eigenvalue weighted by Gasteiger charge is -2.32. The third-order valence-electron chi connectivity index (χ3n) is 4.69. The Morgan fingerprint density at radius 3 is 3.04 bits per heavy atom. The normalized spacial score (nSPS) is 18.7. The van der Waals surface area contributed by atoms with Crippen LogP contribution in [0.15, 0.2) is 24.7 Å². The van der Waals surface area contributed by atoms with Crippen LogP contribution in [0.1, 0.15) is 18.4 Å². The summed E-state index contributed by atoms with van der Waals surface area (Å²) in [5.41, 5.74) is 1.91. The molecular formula is C17H18N4O2. The maximum atomic E-state index is 11.4. The van der Waals surface area contributed by atoms with Crippen molar-refractivity contribution in [1.82, 2.24) is 15.0 Å². The molecule has 23 heavy (non-hydrogen) atoms. The molecule has 6 nitrogen and oxygen atoms in total. The van der Waals surface area contributed by atoms with Gasteiger partial charge in [-0.3, -0.25) is 4.79 Å². The second-order valence-electron chi connectivity index (χ2n) is 6.18. The average Bonchev–Trinajstić information content (AvgIpc) is 3.04. The number of carboxylic acids is 1. The van der Waals surface area contributed by atoms with E-state index in [4.69, 9.17) is 0 Å². The number of aliphatic carboxylic acids is 1. The van der Waals surface area contributed by atoms with Gasteiger partial charge in [-0.05, 0) is 31.4 Å². The summed E-state index contributed by atoms with van der Waals surface area (Å²) in [6, 6.07) is 2.01. The third-order valence-corrected chi connectivity index (χ3v) is 4.69. The van der Waals surface area contributed by atoms with E-state index in [1.807, 2.05) is 31.6 Å². The van der Waals surface area contributed by atoms with E-state index < -0.39 is 5.97 Å². The molecule has 0 spiro atoms. The highest BCUT2D eigenvalue weighted by Crippen LogP contribution is 2.34. The van der Waals surface area contributed by atoms with Gasteiger partial charge in [-0.2, -0.15) is 0 Å². The van der Waals surface area contributed by atoms with Crippen LogP contribution in [-0.2, 0) is 4.79 Å². The number of anilines is 1. The molecule has 0 radical (unpaired) electrons. The van der Waals surface area contributed by atoms with Gasteiger partial charge in [0.1, 0.15) is 11.5 Å². The van der Waals surface area contributed by atoms with Gasteiger partial charge in [-0.1, -0.05) is 0 Å². The van der Waals surface area contributed by atoms with Gasteiger partial charge in [0.2, 0.25) is 0 Å². The van der Waals surface area contributed by atoms with Crippen molar-refractivity contribution in [3.63, 3.8) is 0 Å². The first-order valence-electron chi connectivity index (χ1n) is 7.84. The van der Waals surface area contributed by atoms with E-state index in [1.165, 1.54) is 0 Å². The van der Waals surface area contributed by atoms with E-state index in [-0.39, 0.29) is 5.92 Å². The van der Waals surface area contributed by atoms with Gasteiger partial charge in [0.05, 0.1) is 5.92 Å². The molecular weight excluding hydrogens is 292 g/mol. The Labute approximate surface area is 133 Å². The second-order valence-corrected chi connectivity index (χ2v) is 6.18. The first-order valence-corrected chi connectivity index (χ1v) is 7.84. The number of fused-ring (bicyclic) bond motifs is 3. The molecule has 0 aliphatic carbocycles. The van der Waals surface area contributed by atoms with Crippen molar-refractivity contribution in [2.24, 2.45) is 5.92 Å². The van der Waals surface area contributed by atoms with Crippen molar-refractivity contribution in [2.45, 2.75) is 19.8 Å². The average molecular weight is 310 g/mol. The molecule has 0 bridgehead atoms. The number of aryl methyl sites for hydroxylation is 1. The van der Waals surface area contributed by atoms with Gasteiger partial charge in [0.15, 0.2) is 0 Å². The summed E-state index contributed by atoms with van der Waals surface area (Å²) < 4.78 is 0. The van der Waals surface area contributed by atoms with Crippen LogP contribution in [0.4, 0.5) is 5.82 Å². The van der Waals surface area contributed by atoms with Gasteiger partial charge in [0.25, 0.3) is 0 Å². The SMILES string of the molecule is Cc1cnc(N2CCCC(C(=O)O)C2)c2c1cnc1[nH]ccc12. The number of H-pyrrole nitrogens is 1. The fraction of sp³-hybridized carbons (Fsp3) is 0.353. The van der Waals surface area contributed by atoms with Crippen molar-refractivity contribution in [3.05, 3.63) is 30.2 Å². The van der Waals surface area contributed by atoms with Crippen LogP contribution in [0, 0.1) is 12.8 Å². The Morgan fingerprint density at radius 1 is 1.35 bits per heavy atom. The van der Waals surface area contributed by atoms with Crippen LogP contribution < -0.4 is 4.90 Å². The maximum Gasteiger partial charge on any atom is 0.308 e. The molecule has 1 aliphatic rings. The van der Waals surface area contributed by atoms with Crippen LogP contribution >= 0.6 is 0 Å². The molecule has 2 N–H and O–H groups in total. The number of nitrogens with zero attached hydrogens (tertiary/aromatic N) is 3. The molecule has 0 aromatic carbocycles. The Morgan fingerprint density at radius 2 is 2.22 bits per heavy atom. The number of aromatic nitrogens is 3. The lowest BCUT2D eigenvalue weighted by atomic mass is 9.97. The summed E-state index contributed by atoms with van der Waals surface area (Å²) in [5.74, 6) is -0.186. The minimum absolute atomic E-state index is 0.328. The van der Waals surface area contributed by atoms with E-state index in [0.717, 1.165) is 52.6 Å². The zero-order valence-corrected chi connectivity index (χ0v) is 12.9. The van der Waals surface area contributed by atoms with Gasteiger partial charge in [0, 0.05) is 47.8 Å². The van der Waals surface area contributed by atoms with Crippen LogP contribution in [0.3, 0.4) is 0 Å². The summed E-state index contributed by atoms with van der Waals surface area (Å²) in [6.45, 7) is 3.37. The Hall–Kier alpha value is -2.63. The summed E-state index contributed by atoms with van der Waals surface area (Å²) in [4.78, 5) is 25.7. The minimum Gasteiger partial charge on any atom is -0.481 e. The highest BCUT2D eigenvalue weighted by atomic mass is 16.4. The number of carbonyl (C=O) groups is 1. The highest BCUT2D eigenvalue weighted by molar-refractivity contribution is 6.11. The zero-order valence-electron chi connectivity index (χ0n) is 12.9. The standard InChI is InChI=1S/C17H18N4O2/c1-10-7-20-16(21-6-2-3-11(9-21)17(22)23)14-12-4-5-18-15(12)19-8-13(10)14/h4-5,7-8,11H,2-3,6,9H2,1H3,(H,18,19)(H,22,23). The summed E-state index contributed by atoms with van der Waals surface area (Å²) in [5, 5.41) is 12.5. The zero-order chi connectivity index (χ0) is 16.0. The summed E-state index contributed by atoms with van der Waals surface area (Å²) >= 11 is 0. The van der Waals surface area contributed by atoms with Crippen LogP contribution in [-0.4, -0.2) is 39.1 Å².